The number of alkyl halides is 5. The Hall–Kier alpha value is -2.39. The summed E-state index contributed by atoms with van der Waals surface area (Å²) in [6.45, 7) is -2.61. The van der Waals surface area contributed by atoms with Crippen LogP contribution in [-0.4, -0.2) is 49.2 Å². The van der Waals surface area contributed by atoms with E-state index in [9.17, 15) is 27.1 Å². The minimum atomic E-state index is -4.75. The van der Waals surface area contributed by atoms with Crippen molar-refractivity contribution < 1.29 is 36.5 Å². The zero-order valence-corrected chi connectivity index (χ0v) is 16.4. The fourth-order valence-corrected chi connectivity index (χ4v) is 2.75. The summed E-state index contributed by atoms with van der Waals surface area (Å²) in [7, 11) is 1.27. The van der Waals surface area contributed by atoms with Crippen LogP contribution < -0.4 is 9.47 Å². The smallest absolute Gasteiger partial charge is 0.491 e. The van der Waals surface area contributed by atoms with Gasteiger partial charge in [0.1, 0.15) is 18.1 Å². The molecular weight excluding hydrogens is 409 g/mol. The minimum Gasteiger partial charge on any atom is -0.491 e. The third-order valence-corrected chi connectivity index (χ3v) is 4.37. The molecule has 0 aliphatic carbocycles. The van der Waals surface area contributed by atoms with Crippen LogP contribution in [0.2, 0.25) is 0 Å². The van der Waals surface area contributed by atoms with Crippen LogP contribution in [0.4, 0.5) is 22.0 Å². The van der Waals surface area contributed by atoms with Crippen LogP contribution in [0.25, 0.3) is 0 Å². The van der Waals surface area contributed by atoms with Crippen LogP contribution in [-0.2, 0) is 12.8 Å². The third-order valence-electron chi connectivity index (χ3n) is 4.37. The van der Waals surface area contributed by atoms with E-state index in [1.165, 1.54) is 25.2 Å². The van der Waals surface area contributed by atoms with Crippen molar-refractivity contribution in [1.29, 1.82) is 0 Å². The zero-order chi connectivity index (χ0) is 22.1. The van der Waals surface area contributed by atoms with Crippen molar-refractivity contribution in [3.05, 3.63) is 59.7 Å². The van der Waals surface area contributed by atoms with Gasteiger partial charge in [0.05, 0.1) is 6.10 Å². The molecule has 0 amide bonds. The summed E-state index contributed by atoms with van der Waals surface area (Å²) in [4.78, 5) is 0.827. The third kappa shape index (κ3) is 8.54. The number of aryl methyl sites for hydroxylation is 2. The van der Waals surface area contributed by atoms with Crippen molar-refractivity contribution in [2.75, 3.05) is 20.2 Å². The number of aliphatic hydroxyl groups excluding tert-OH is 1. The minimum absolute atomic E-state index is 0.0280. The molecular formula is C21H24F5NO3. The molecule has 2 aromatic rings. The molecule has 1 atom stereocenters. The highest BCUT2D eigenvalue weighted by atomic mass is 19.4. The van der Waals surface area contributed by atoms with Crippen LogP contribution in [0, 0.1) is 0 Å². The predicted molar refractivity (Wildman–Crippen MR) is 102 cm³/mol. The summed E-state index contributed by atoms with van der Waals surface area (Å²) in [5.41, 5.74) is 1.48. The Morgan fingerprint density at radius 2 is 1.77 bits per heavy atom. The van der Waals surface area contributed by atoms with E-state index in [0.29, 0.717) is 24.2 Å². The number of rotatable bonds is 11. The number of benzene rings is 2. The van der Waals surface area contributed by atoms with Gasteiger partial charge in [0, 0.05) is 6.54 Å². The molecule has 1 unspecified atom stereocenters. The molecule has 0 aliphatic heterocycles. The predicted octanol–water partition coefficient (Wildman–Crippen LogP) is 4.65. The van der Waals surface area contributed by atoms with E-state index in [0.717, 1.165) is 10.5 Å². The summed E-state index contributed by atoms with van der Waals surface area (Å²) >= 11 is 0. The maximum Gasteiger partial charge on any atom is 0.573 e. The van der Waals surface area contributed by atoms with Gasteiger partial charge in [0.2, 0.25) is 0 Å². The molecule has 2 rings (SSSR count). The van der Waals surface area contributed by atoms with Gasteiger partial charge in [-0.25, -0.2) is 0 Å². The molecule has 0 spiro atoms. The second-order valence-electron chi connectivity index (χ2n) is 6.81. The van der Waals surface area contributed by atoms with Crippen LogP contribution >= 0.6 is 0 Å². The maximum atomic E-state index is 12.5. The Morgan fingerprint density at radius 1 is 1.03 bits per heavy atom. The van der Waals surface area contributed by atoms with Gasteiger partial charge < -0.3 is 14.6 Å². The van der Waals surface area contributed by atoms with E-state index in [1.807, 2.05) is 6.07 Å². The number of halogens is 5. The lowest BCUT2D eigenvalue weighted by molar-refractivity contribution is -0.274. The lowest BCUT2D eigenvalue weighted by atomic mass is 10.0. The Bertz CT molecular complexity index is 785. The van der Waals surface area contributed by atoms with Crippen molar-refractivity contribution in [3.63, 3.8) is 0 Å². The molecule has 4 nitrogen and oxygen atoms in total. The van der Waals surface area contributed by atoms with E-state index >= 15 is 0 Å². The largest absolute Gasteiger partial charge is 0.573 e. The van der Waals surface area contributed by atoms with E-state index in [1.54, 1.807) is 24.3 Å². The molecule has 30 heavy (non-hydrogen) atoms. The first-order valence-electron chi connectivity index (χ1n) is 9.36. The van der Waals surface area contributed by atoms with Gasteiger partial charge in [0.15, 0.2) is 0 Å². The van der Waals surface area contributed by atoms with Gasteiger partial charge in [-0.2, -0.15) is 8.78 Å². The number of aliphatic hydroxyl groups is 1. The summed E-state index contributed by atoms with van der Waals surface area (Å²) in [5, 5.41) is 9.96. The number of nitrogens with zero attached hydrogens (tertiary/aromatic N) is 1. The van der Waals surface area contributed by atoms with Crippen molar-refractivity contribution in [2.24, 2.45) is 0 Å². The van der Waals surface area contributed by atoms with E-state index in [4.69, 9.17) is 4.74 Å². The Labute approximate surface area is 171 Å². The fourth-order valence-electron chi connectivity index (χ4n) is 2.75. The van der Waals surface area contributed by atoms with Gasteiger partial charge in [-0.05, 0) is 55.6 Å². The highest BCUT2D eigenvalue weighted by molar-refractivity contribution is 5.35. The van der Waals surface area contributed by atoms with Gasteiger partial charge in [-0.3, -0.25) is 4.90 Å². The average Bonchev–Trinajstić information content (AvgIpc) is 2.68. The zero-order valence-electron chi connectivity index (χ0n) is 16.4. The first-order valence-corrected chi connectivity index (χ1v) is 9.36. The highest BCUT2D eigenvalue weighted by Crippen LogP contribution is 2.25. The molecule has 9 heteroatoms. The Morgan fingerprint density at radius 3 is 2.47 bits per heavy atom. The van der Waals surface area contributed by atoms with Gasteiger partial charge in [-0.15, -0.1) is 13.2 Å². The molecule has 0 aromatic heterocycles. The SMILES string of the molecule is CN(CCC(O)COc1ccccc1CCc1cccc(OC(F)(F)F)c1)C(F)F. The van der Waals surface area contributed by atoms with Gasteiger partial charge >= 0.3 is 6.36 Å². The maximum absolute atomic E-state index is 12.5. The molecule has 1 N–H and O–H groups in total. The summed E-state index contributed by atoms with van der Waals surface area (Å²) in [6, 6.07) is 12.9. The Kier molecular flexibility index (Phi) is 8.86. The lowest BCUT2D eigenvalue weighted by Gasteiger charge is -2.19. The molecule has 0 saturated carbocycles. The molecule has 166 valence electrons. The van der Waals surface area contributed by atoms with Crippen molar-refractivity contribution >= 4 is 0 Å². The number of hydrogen-bond acceptors (Lipinski definition) is 4. The summed E-state index contributed by atoms with van der Waals surface area (Å²) in [6.07, 6.45) is -4.57. The topological polar surface area (TPSA) is 41.9 Å². The number of hydrogen-bond donors (Lipinski definition) is 1. The fraction of sp³-hybridized carbons (Fsp3) is 0.429. The molecule has 0 bridgehead atoms. The van der Waals surface area contributed by atoms with E-state index < -0.39 is 19.0 Å². The molecule has 0 saturated heterocycles. The van der Waals surface area contributed by atoms with Gasteiger partial charge in [-0.1, -0.05) is 30.3 Å². The summed E-state index contributed by atoms with van der Waals surface area (Å²) < 4.78 is 71.6. The van der Waals surface area contributed by atoms with Gasteiger partial charge in [0.25, 0.3) is 6.55 Å². The van der Waals surface area contributed by atoms with Crippen LogP contribution in [0.3, 0.4) is 0 Å². The second-order valence-corrected chi connectivity index (χ2v) is 6.81. The summed E-state index contributed by atoms with van der Waals surface area (Å²) in [5.74, 6) is 0.253. The first-order chi connectivity index (χ1) is 14.1. The molecule has 0 fully saturated rings. The van der Waals surface area contributed by atoms with E-state index in [-0.39, 0.29) is 25.3 Å². The van der Waals surface area contributed by atoms with E-state index in [2.05, 4.69) is 4.74 Å². The van der Waals surface area contributed by atoms with Crippen LogP contribution in [0.1, 0.15) is 17.5 Å². The second kappa shape index (κ2) is 11.1. The molecule has 0 heterocycles. The molecule has 2 aromatic carbocycles. The quantitative estimate of drug-likeness (QED) is 0.414. The van der Waals surface area contributed by atoms with Crippen molar-refractivity contribution in [3.8, 4) is 11.5 Å². The standard InChI is InChI=1S/C21H24F5NO3/c1-27(20(22)23)12-11-17(28)14-29-19-8-3-2-6-16(19)10-9-15-5-4-7-18(13-15)30-21(24,25)26/h2-8,13,17,20,28H,9-12,14H2,1H3. The van der Waals surface area contributed by atoms with Crippen LogP contribution in [0.15, 0.2) is 48.5 Å². The van der Waals surface area contributed by atoms with Crippen LogP contribution in [0.5, 0.6) is 11.5 Å². The first kappa shape index (κ1) is 23.9. The molecule has 0 radical (unpaired) electrons. The monoisotopic (exact) mass is 433 g/mol. The lowest BCUT2D eigenvalue weighted by Crippen LogP contribution is -2.29. The average molecular weight is 433 g/mol. The Balaban J connectivity index is 1.90. The molecule has 0 aliphatic rings. The van der Waals surface area contributed by atoms with Crippen molar-refractivity contribution in [1.82, 2.24) is 4.90 Å². The normalized spacial score (nSPS) is 13.0. The number of ether oxygens (including phenoxy) is 2. The highest BCUT2D eigenvalue weighted by Gasteiger charge is 2.31. The number of para-hydroxylation sites is 1. The van der Waals surface area contributed by atoms with Crippen molar-refractivity contribution in [2.45, 2.75) is 38.3 Å².